The number of hydrogen-bond donors (Lipinski definition) is 2. The van der Waals surface area contributed by atoms with Gasteiger partial charge in [-0.1, -0.05) is 34.8 Å². The number of aromatic amines is 1. The summed E-state index contributed by atoms with van der Waals surface area (Å²) in [6.45, 7) is 0. The van der Waals surface area contributed by atoms with Crippen LogP contribution in [0.2, 0.25) is 15.2 Å². The summed E-state index contributed by atoms with van der Waals surface area (Å²) in [5.74, 6) is 0.0195. The smallest absolute Gasteiger partial charge is 0.222 e. The SMILES string of the molecule is Nc1[nH]c(Cl)c(Cl)c(=O)c1Cl. The molecule has 0 unspecified atom stereocenters. The summed E-state index contributed by atoms with van der Waals surface area (Å²) in [5, 5.41) is -0.288. The Morgan fingerprint density at radius 3 is 2.27 bits per heavy atom. The number of pyridine rings is 1. The van der Waals surface area contributed by atoms with Crippen molar-refractivity contribution in [1.82, 2.24) is 4.98 Å². The molecule has 1 rings (SSSR count). The highest BCUT2D eigenvalue weighted by Gasteiger charge is 2.09. The molecule has 3 nitrogen and oxygen atoms in total. The van der Waals surface area contributed by atoms with Gasteiger partial charge in [-0.3, -0.25) is 4.79 Å². The van der Waals surface area contributed by atoms with Crippen molar-refractivity contribution in [3.05, 3.63) is 25.4 Å². The van der Waals surface area contributed by atoms with Gasteiger partial charge in [0.05, 0.1) is 0 Å². The fourth-order valence-electron chi connectivity index (χ4n) is 0.546. The third-order valence-corrected chi connectivity index (χ3v) is 2.19. The molecular formula is C5H3Cl3N2O. The van der Waals surface area contributed by atoms with Crippen LogP contribution in [-0.2, 0) is 0 Å². The summed E-state index contributed by atoms with van der Waals surface area (Å²) >= 11 is 16.3. The van der Waals surface area contributed by atoms with Crippen LogP contribution in [0.15, 0.2) is 4.79 Å². The molecular weight excluding hydrogens is 210 g/mol. The van der Waals surface area contributed by atoms with Crippen molar-refractivity contribution < 1.29 is 0 Å². The van der Waals surface area contributed by atoms with Gasteiger partial charge >= 0.3 is 0 Å². The largest absolute Gasteiger partial charge is 0.384 e. The lowest BCUT2D eigenvalue weighted by Gasteiger charge is -1.99. The summed E-state index contributed by atoms with van der Waals surface area (Å²) in [6.07, 6.45) is 0. The van der Waals surface area contributed by atoms with Gasteiger partial charge in [-0.05, 0) is 0 Å². The van der Waals surface area contributed by atoms with E-state index in [1.165, 1.54) is 0 Å². The van der Waals surface area contributed by atoms with E-state index in [1.807, 2.05) is 0 Å². The van der Waals surface area contributed by atoms with Crippen LogP contribution in [0.25, 0.3) is 0 Å². The molecule has 1 aromatic rings. The van der Waals surface area contributed by atoms with E-state index in [0.717, 1.165) is 0 Å². The second-order valence-corrected chi connectivity index (χ2v) is 2.94. The summed E-state index contributed by atoms with van der Waals surface area (Å²) in [6, 6.07) is 0. The first kappa shape index (κ1) is 8.71. The zero-order chi connectivity index (χ0) is 8.59. The molecule has 1 aromatic heterocycles. The molecule has 0 aliphatic rings. The van der Waals surface area contributed by atoms with Gasteiger partial charge in [-0.25, -0.2) is 0 Å². The minimum Gasteiger partial charge on any atom is -0.384 e. The van der Waals surface area contributed by atoms with Crippen LogP contribution in [0.1, 0.15) is 0 Å². The van der Waals surface area contributed by atoms with E-state index < -0.39 is 5.43 Å². The minimum atomic E-state index is -0.561. The Bertz CT molecular complexity index is 317. The fourth-order valence-corrected chi connectivity index (χ4v) is 1.07. The Balaban J connectivity index is 3.59. The number of anilines is 1. The van der Waals surface area contributed by atoms with Crippen molar-refractivity contribution >= 4 is 40.6 Å². The van der Waals surface area contributed by atoms with Crippen LogP contribution in [-0.4, -0.2) is 4.98 Å². The van der Waals surface area contributed by atoms with Crippen molar-refractivity contribution in [3.8, 4) is 0 Å². The van der Waals surface area contributed by atoms with Gasteiger partial charge in [0, 0.05) is 0 Å². The fraction of sp³-hybridized carbons (Fsp3) is 0. The number of halogens is 3. The normalized spacial score (nSPS) is 10.1. The summed E-state index contributed by atoms with van der Waals surface area (Å²) in [7, 11) is 0. The van der Waals surface area contributed by atoms with Crippen LogP contribution in [0.4, 0.5) is 5.82 Å². The predicted octanol–water partition coefficient (Wildman–Crippen LogP) is 1.92. The maximum Gasteiger partial charge on any atom is 0.222 e. The lowest BCUT2D eigenvalue weighted by Crippen LogP contribution is -2.08. The molecule has 6 heteroatoms. The van der Waals surface area contributed by atoms with E-state index >= 15 is 0 Å². The maximum atomic E-state index is 11.0. The molecule has 1 heterocycles. The zero-order valence-corrected chi connectivity index (χ0v) is 7.39. The molecule has 0 amide bonds. The summed E-state index contributed by atoms with van der Waals surface area (Å²) < 4.78 is 0. The molecule has 0 aliphatic heterocycles. The lowest BCUT2D eigenvalue weighted by atomic mass is 10.4. The van der Waals surface area contributed by atoms with E-state index in [0.29, 0.717) is 0 Å². The number of nitrogens with two attached hydrogens (primary N) is 1. The quantitative estimate of drug-likeness (QED) is 0.647. The molecule has 11 heavy (non-hydrogen) atoms. The van der Waals surface area contributed by atoms with Crippen molar-refractivity contribution in [2.75, 3.05) is 5.73 Å². The molecule has 0 aliphatic carbocycles. The highest BCUT2D eigenvalue weighted by atomic mass is 35.5. The molecule has 0 aromatic carbocycles. The van der Waals surface area contributed by atoms with Crippen molar-refractivity contribution in [3.63, 3.8) is 0 Å². The van der Waals surface area contributed by atoms with E-state index in [-0.39, 0.29) is 21.0 Å². The number of nitrogen functional groups attached to an aromatic ring is 1. The maximum absolute atomic E-state index is 11.0. The highest BCUT2D eigenvalue weighted by Crippen LogP contribution is 2.20. The van der Waals surface area contributed by atoms with Gasteiger partial charge in [0.25, 0.3) is 0 Å². The molecule has 0 bridgehead atoms. The van der Waals surface area contributed by atoms with E-state index in [2.05, 4.69) is 4.98 Å². The third kappa shape index (κ3) is 1.45. The number of nitrogens with one attached hydrogen (secondary N) is 1. The molecule has 0 atom stereocenters. The average Bonchev–Trinajstić information content (AvgIpc) is 1.97. The molecule has 0 radical (unpaired) electrons. The second-order valence-electron chi connectivity index (χ2n) is 1.81. The van der Waals surface area contributed by atoms with E-state index in [1.54, 1.807) is 0 Å². The number of hydrogen-bond acceptors (Lipinski definition) is 2. The lowest BCUT2D eigenvalue weighted by molar-refractivity contribution is 1.31. The molecule has 0 fully saturated rings. The van der Waals surface area contributed by atoms with Gasteiger partial charge < -0.3 is 10.7 Å². The van der Waals surface area contributed by atoms with Gasteiger partial charge in [0.15, 0.2) is 0 Å². The van der Waals surface area contributed by atoms with Gasteiger partial charge in [0.1, 0.15) is 21.0 Å². The van der Waals surface area contributed by atoms with Crippen molar-refractivity contribution in [1.29, 1.82) is 0 Å². The number of aromatic nitrogens is 1. The first-order valence-electron chi connectivity index (χ1n) is 2.56. The standard InChI is InChI=1S/C5H3Cl3N2O/c6-1-3(11)2(7)5(9)10-4(1)8/h(H3,9,10,11). The van der Waals surface area contributed by atoms with E-state index in [9.17, 15) is 4.79 Å². The zero-order valence-electron chi connectivity index (χ0n) is 5.12. The van der Waals surface area contributed by atoms with Crippen LogP contribution < -0.4 is 11.2 Å². The topological polar surface area (TPSA) is 58.9 Å². The van der Waals surface area contributed by atoms with Crippen LogP contribution in [0.5, 0.6) is 0 Å². The molecule has 60 valence electrons. The highest BCUT2D eigenvalue weighted by molar-refractivity contribution is 6.42. The second kappa shape index (κ2) is 2.93. The first-order valence-corrected chi connectivity index (χ1v) is 3.69. The number of H-pyrrole nitrogens is 1. The molecule has 3 N–H and O–H groups in total. The Morgan fingerprint density at radius 1 is 1.18 bits per heavy atom. The van der Waals surface area contributed by atoms with Crippen molar-refractivity contribution in [2.45, 2.75) is 0 Å². The van der Waals surface area contributed by atoms with Crippen LogP contribution >= 0.6 is 34.8 Å². The molecule has 0 saturated carbocycles. The van der Waals surface area contributed by atoms with Gasteiger partial charge in [-0.15, -0.1) is 0 Å². The van der Waals surface area contributed by atoms with Crippen molar-refractivity contribution in [2.24, 2.45) is 0 Å². The average molecular weight is 213 g/mol. The Labute approximate surface area is 77.1 Å². The molecule has 0 saturated heterocycles. The summed E-state index contributed by atoms with van der Waals surface area (Å²) in [4.78, 5) is 13.4. The van der Waals surface area contributed by atoms with Crippen LogP contribution in [0, 0.1) is 0 Å². The molecule has 0 spiro atoms. The Morgan fingerprint density at radius 2 is 1.73 bits per heavy atom. The predicted molar refractivity (Wildman–Crippen MR) is 46.5 cm³/mol. The summed E-state index contributed by atoms with van der Waals surface area (Å²) in [5.41, 5.74) is 4.70. The Hall–Kier alpha value is -0.380. The third-order valence-electron chi connectivity index (χ3n) is 1.07. The minimum absolute atomic E-state index is 0.00133. The first-order chi connectivity index (χ1) is 5.04. The monoisotopic (exact) mass is 212 g/mol. The van der Waals surface area contributed by atoms with E-state index in [4.69, 9.17) is 40.5 Å². The number of rotatable bonds is 0. The van der Waals surface area contributed by atoms with Gasteiger partial charge in [-0.2, -0.15) is 0 Å². The van der Waals surface area contributed by atoms with Crippen LogP contribution in [0.3, 0.4) is 0 Å². The van der Waals surface area contributed by atoms with Gasteiger partial charge in [0.2, 0.25) is 5.43 Å². The Kier molecular flexibility index (Phi) is 2.32.